The maximum absolute atomic E-state index is 12.8. The number of benzene rings is 2. The highest BCUT2D eigenvalue weighted by atomic mass is 35.5. The van der Waals surface area contributed by atoms with Crippen LogP contribution < -0.4 is 15.5 Å². The van der Waals surface area contributed by atoms with Crippen molar-refractivity contribution < 1.29 is 14.0 Å². The van der Waals surface area contributed by atoms with Gasteiger partial charge in [-0.15, -0.1) is 0 Å². The first kappa shape index (κ1) is 16.3. The molecule has 2 aromatic rings. The molecule has 0 bridgehead atoms. The van der Waals surface area contributed by atoms with Gasteiger partial charge in [-0.3, -0.25) is 4.79 Å². The van der Waals surface area contributed by atoms with Gasteiger partial charge in [-0.2, -0.15) is 0 Å². The Morgan fingerprint density at radius 1 is 1.12 bits per heavy atom. The zero-order valence-electron chi connectivity index (χ0n) is 12.6. The second-order valence-corrected chi connectivity index (χ2v) is 5.92. The molecule has 3 rings (SSSR count). The molecule has 1 atom stereocenters. The Balaban J connectivity index is 1.58. The molecule has 24 heavy (non-hydrogen) atoms. The van der Waals surface area contributed by atoms with Crippen molar-refractivity contribution in [2.45, 2.75) is 12.5 Å². The Hall–Kier alpha value is -2.60. The third-order valence-corrected chi connectivity index (χ3v) is 3.95. The Morgan fingerprint density at radius 3 is 2.46 bits per heavy atom. The number of urea groups is 1. The van der Waals surface area contributed by atoms with E-state index < -0.39 is 6.03 Å². The molecule has 1 saturated heterocycles. The average Bonchev–Trinajstić information content (AvgIpc) is 2.90. The van der Waals surface area contributed by atoms with E-state index in [-0.39, 0.29) is 24.2 Å². The van der Waals surface area contributed by atoms with Crippen molar-refractivity contribution >= 4 is 34.9 Å². The fourth-order valence-corrected chi connectivity index (χ4v) is 2.69. The van der Waals surface area contributed by atoms with Gasteiger partial charge in [-0.1, -0.05) is 11.6 Å². The van der Waals surface area contributed by atoms with Gasteiger partial charge in [0.1, 0.15) is 5.82 Å². The molecule has 3 amide bonds. The van der Waals surface area contributed by atoms with Crippen molar-refractivity contribution in [2.24, 2.45) is 0 Å². The largest absolute Gasteiger partial charge is 0.333 e. The fourth-order valence-electron chi connectivity index (χ4n) is 2.56. The van der Waals surface area contributed by atoms with E-state index in [0.717, 1.165) is 5.69 Å². The second-order valence-electron chi connectivity index (χ2n) is 5.49. The minimum Gasteiger partial charge on any atom is -0.333 e. The molecular weight excluding hydrogens is 333 g/mol. The van der Waals surface area contributed by atoms with Gasteiger partial charge in [0.05, 0.1) is 6.04 Å². The first-order valence-electron chi connectivity index (χ1n) is 7.40. The summed E-state index contributed by atoms with van der Waals surface area (Å²) in [6.45, 7) is 0.386. The van der Waals surface area contributed by atoms with E-state index in [2.05, 4.69) is 10.6 Å². The molecule has 1 aliphatic heterocycles. The van der Waals surface area contributed by atoms with Gasteiger partial charge in [0, 0.05) is 29.4 Å². The minimum absolute atomic E-state index is 0.0654. The van der Waals surface area contributed by atoms with E-state index in [1.54, 1.807) is 29.2 Å². The van der Waals surface area contributed by atoms with Crippen LogP contribution in [0.25, 0.3) is 0 Å². The highest BCUT2D eigenvalue weighted by Crippen LogP contribution is 2.23. The van der Waals surface area contributed by atoms with Crippen LogP contribution in [0.2, 0.25) is 5.02 Å². The number of hydrogen-bond acceptors (Lipinski definition) is 2. The molecule has 0 aliphatic carbocycles. The molecule has 0 aromatic heterocycles. The normalized spacial score (nSPS) is 17.0. The van der Waals surface area contributed by atoms with E-state index in [0.29, 0.717) is 17.3 Å². The van der Waals surface area contributed by atoms with Crippen molar-refractivity contribution in [3.63, 3.8) is 0 Å². The lowest BCUT2D eigenvalue weighted by molar-refractivity contribution is -0.117. The minimum atomic E-state index is -0.433. The summed E-state index contributed by atoms with van der Waals surface area (Å²) in [6.07, 6.45) is 0.222. The van der Waals surface area contributed by atoms with Gasteiger partial charge in [0.25, 0.3) is 0 Å². The lowest BCUT2D eigenvalue weighted by Gasteiger charge is -2.17. The summed E-state index contributed by atoms with van der Waals surface area (Å²) in [5.41, 5.74) is 1.22. The van der Waals surface area contributed by atoms with Crippen LogP contribution in [0.5, 0.6) is 0 Å². The SMILES string of the molecule is O=C(Nc1ccc(F)cc1)N[C@@H]1CC(=O)N(c2ccc(Cl)cc2)C1. The van der Waals surface area contributed by atoms with Gasteiger partial charge in [0.15, 0.2) is 0 Å². The fraction of sp³-hybridized carbons (Fsp3) is 0.176. The van der Waals surface area contributed by atoms with Crippen LogP contribution in [-0.2, 0) is 4.79 Å². The van der Waals surface area contributed by atoms with Gasteiger partial charge in [-0.25, -0.2) is 9.18 Å². The van der Waals surface area contributed by atoms with E-state index in [1.165, 1.54) is 24.3 Å². The standard InChI is InChI=1S/C17H15ClFN3O2/c18-11-1-7-15(8-2-11)22-10-14(9-16(22)23)21-17(24)20-13-5-3-12(19)4-6-13/h1-8,14H,9-10H2,(H2,20,21,24)/t14-/m1/s1. The summed E-state index contributed by atoms with van der Waals surface area (Å²) in [5, 5.41) is 5.96. The Bertz CT molecular complexity index is 749. The Labute approximate surface area is 143 Å². The first-order chi connectivity index (χ1) is 11.5. The third kappa shape index (κ3) is 3.83. The molecule has 7 heteroatoms. The topological polar surface area (TPSA) is 61.4 Å². The number of hydrogen-bond donors (Lipinski definition) is 2. The maximum atomic E-state index is 12.8. The number of carbonyl (C=O) groups is 2. The van der Waals surface area contributed by atoms with Crippen molar-refractivity contribution in [1.29, 1.82) is 0 Å². The van der Waals surface area contributed by atoms with Crippen LogP contribution in [-0.4, -0.2) is 24.5 Å². The molecular formula is C17H15ClFN3O2. The lowest BCUT2D eigenvalue weighted by atomic mass is 10.2. The number of halogens is 2. The molecule has 2 N–H and O–H groups in total. The van der Waals surface area contributed by atoms with E-state index in [1.807, 2.05) is 0 Å². The molecule has 0 unspecified atom stereocenters. The Kier molecular flexibility index (Phi) is 4.66. The van der Waals surface area contributed by atoms with Crippen molar-refractivity contribution in [3.05, 3.63) is 59.4 Å². The Morgan fingerprint density at radius 2 is 1.79 bits per heavy atom. The van der Waals surface area contributed by atoms with Gasteiger partial charge in [0.2, 0.25) is 5.91 Å². The number of nitrogens with one attached hydrogen (secondary N) is 2. The number of amides is 3. The average molecular weight is 348 g/mol. The van der Waals surface area contributed by atoms with E-state index in [9.17, 15) is 14.0 Å². The summed E-state index contributed by atoms with van der Waals surface area (Å²) < 4.78 is 12.8. The summed E-state index contributed by atoms with van der Waals surface area (Å²) >= 11 is 5.85. The molecule has 0 radical (unpaired) electrons. The number of anilines is 2. The van der Waals surface area contributed by atoms with Crippen LogP contribution in [0, 0.1) is 5.82 Å². The summed E-state index contributed by atoms with van der Waals surface area (Å²) in [7, 11) is 0. The molecule has 2 aromatic carbocycles. The number of rotatable bonds is 3. The van der Waals surface area contributed by atoms with Gasteiger partial charge < -0.3 is 15.5 Å². The zero-order valence-corrected chi connectivity index (χ0v) is 13.4. The van der Waals surface area contributed by atoms with Crippen LogP contribution in [0.4, 0.5) is 20.6 Å². The third-order valence-electron chi connectivity index (χ3n) is 3.70. The molecule has 124 valence electrons. The number of nitrogens with zero attached hydrogens (tertiary/aromatic N) is 1. The second kappa shape index (κ2) is 6.88. The zero-order chi connectivity index (χ0) is 17.1. The quantitative estimate of drug-likeness (QED) is 0.893. The first-order valence-corrected chi connectivity index (χ1v) is 7.78. The van der Waals surface area contributed by atoms with Crippen LogP contribution >= 0.6 is 11.6 Å². The monoisotopic (exact) mass is 347 g/mol. The van der Waals surface area contributed by atoms with Crippen LogP contribution in [0.15, 0.2) is 48.5 Å². The molecule has 1 heterocycles. The predicted octanol–water partition coefficient (Wildman–Crippen LogP) is 3.41. The van der Waals surface area contributed by atoms with Crippen LogP contribution in [0.1, 0.15) is 6.42 Å². The summed E-state index contributed by atoms with van der Waals surface area (Å²) in [6, 6.07) is 11.7. The lowest BCUT2D eigenvalue weighted by Crippen LogP contribution is -2.39. The molecule has 0 saturated carbocycles. The maximum Gasteiger partial charge on any atom is 0.319 e. The molecule has 1 fully saturated rings. The summed E-state index contributed by atoms with van der Waals surface area (Å²) in [5.74, 6) is -0.439. The molecule has 0 spiro atoms. The molecule has 1 aliphatic rings. The van der Waals surface area contributed by atoms with E-state index >= 15 is 0 Å². The number of carbonyl (C=O) groups excluding carboxylic acids is 2. The highest BCUT2D eigenvalue weighted by Gasteiger charge is 2.31. The van der Waals surface area contributed by atoms with Gasteiger partial charge in [-0.05, 0) is 48.5 Å². The van der Waals surface area contributed by atoms with E-state index in [4.69, 9.17) is 11.6 Å². The van der Waals surface area contributed by atoms with Gasteiger partial charge >= 0.3 is 6.03 Å². The summed E-state index contributed by atoms with van der Waals surface area (Å²) in [4.78, 5) is 25.7. The molecule has 5 nitrogen and oxygen atoms in total. The van der Waals surface area contributed by atoms with Crippen molar-refractivity contribution in [2.75, 3.05) is 16.8 Å². The highest BCUT2D eigenvalue weighted by molar-refractivity contribution is 6.30. The predicted molar refractivity (Wildman–Crippen MR) is 90.8 cm³/mol. The van der Waals surface area contributed by atoms with Crippen molar-refractivity contribution in [1.82, 2.24) is 5.32 Å². The smallest absolute Gasteiger partial charge is 0.319 e. The van der Waals surface area contributed by atoms with Crippen molar-refractivity contribution in [3.8, 4) is 0 Å². The van der Waals surface area contributed by atoms with Crippen LogP contribution in [0.3, 0.4) is 0 Å².